The van der Waals surface area contributed by atoms with Crippen molar-refractivity contribution in [3.05, 3.63) is 64.8 Å². The summed E-state index contributed by atoms with van der Waals surface area (Å²) in [6, 6.07) is 15.2. The van der Waals surface area contributed by atoms with Crippen LogP contribution in [-0.2, 0) is 6.54 Å². The molecule has 0 fully saturated rings. The number of aromatic nitrogens is 3. The van der Waals surface area contributed by atoms with E-state index in [-0.39, 0.29) is 5.75 Å². The SMILES string of the molecule is CN(CCCNc1cc(-c2ccccc2O)nc2c(Br)cnn12)Cc1ccc2c(c1)OCO2. The minimum atomic E-state index is 0.195. The average molecular weight is 510 g/mol. The summed E-state index contributed by atoms with van der Waals surface area (Å²) in [6.45, 7) is 2.81. The second kappa shape index (κ2) is 9.29. The van der Waals surface area contributed by atoms with Crippen LogP contribution in [-0.4, -0.2) is 51.5 Å². The zero-order valence-corrected chi connectivity index (χ0v) is 19.7. The molecule has 2 N–H and O–H groups in total. The molecule has 0 aliphatic carbocycles. The molecule has 33 heavy (non-hydrogen) atoms. The van der Waals surface area contributed by atoms with E-state index in [1.165, 1.54) is 5.56 Å². The van der Waals surface area contributed by atoms with Gasteiger partial charge in [-0.3, -0.25) is 0 Å². The van der Waals surface area contributed by atoms with E-state index in [2.05, 4.69) is 49.3 Å². The molecular weight excluding hydrogens is 486 g/mol. The Hall–Kier alpha value is -3.30. The number of ether oxygens (including phenoxy) is 2. The standard InChI is InChI=1S/C24H24BrN5O3/c1-29(14-16-7-8-21-22(11-16)33-15-32-21)10-4-9-26-23-12-19(17-5-2-3-6-20(17)31)28-24-18(25)13-27-30(23)24/h2-3,5-8,11-13,26,31H,4,9-10,14-15H2,1H3. The third-order valence-corrected chi connectivity index (χ3v) is 6.08. The van der Waals surface area contributed by atoms with E-state index in [9.17, 15) is 5.11 Å². The first-order valence-corrected chi connectivity index (χ1v) is 11.5. The lowest BCUT2D eigenvalue weighted by Crippen LogP contribution is -2.21. The molecule has 2 aromatic carbocycles. The Morgan fingerprint density at radius 3 is 2.88 bits per heavy atom. The Labute approximate surface area is 199 Å². The molecule has 4 aromatic rings. The van der Waals surface area contributed by atoms with E-state index in [1.54, 1.807) is 22.8 Å². The molecule has 1 aliphatic rings. The lowest BCUT2D eigenvalue weighted by Gasteiger charge is -2.17. The van der Waals surface area contributed by atoms with Gasteiger partial charge in [0, 0.05) is 24.7 Å². The van der Waals surface area contributed by atoms with Crippen molar-refractivity contribution in [1.82, 2.24) is 19.5 Å². The minimum absolute atomic E-state index is 0.195. The summed E-state index contributed by atoms with van der Waals surface area (Å²) in [5.41, 5.74) is 3.25. The maximum atomic E-state index is 10.3. The fourth-order valence-electron chi connectivity index (χ4n) is 3.89. The molecule has 170 valence electrons. The molecule has 1 aliphatic heterocycles. The zero-order valence-electron chi connectivity index (χ0n) is 18.2. The minimum Gasteiger partial charge on any atom is -0.507 e. The fourth-order valence-corrected chi connectivity index (χ4v) is 4.23. The molecule has 9 heteroatoms. The van der Waals surface area contributed by atoms with Crippen molar-refractivity contribution in [3.63, 3.8) is 0 Å². The van der Waals surface area contributed by atoms with Gasteiger partial charge in [-0.05, 0) is 65.8 Å². The number of nitrogens with one attached hydrogen (secondary N) is 1. The number of hydrogen-bond donors (Lipinski definition) is 2. The van der Waals surface area contributed by atoms with Crippen molar-refractivity contribution < 1.29 is 14.6 Å². The Bertz CT molecular complexity index is 1290. The maximum Gasteiger partial charge on any atom is 0.231 e. The maximum absolute atomic E-state index is 10.3. The Morgan fingerprint density at radius 2 is 2.00 bits per heavy atom. The lowest BCUT2D eigenvalue weighted by molar-refractivity contribution is 0.174. The molecule has 0 atom stereocenters. The van der Waals surface area contributed by atoms with Crippen LogP contribution in [0.15, 0.2) is 59.2 Å². The number of anilines is 1. The number of phenolic OH excluding ortho intramolecular Hbond substituents is 1. The molecule has 8 nitrogen and oxygen atoms in total. The molecule has 2 aromatic heterocycles. The van der Waals surface area contributed by atoms with Crippen molar-refractivity contribution in [3.8, 4) is 28.5 Å². The van der Waals surface area contributed by atoms with Gasteiger partial charge < -0.3 is 24.8 Å². The molecule has 0 saturated carbocycles. The molecule has 3 heterocycles. The number of aromatic hydroxyl groups is 1. The first kappa shape index (κ1) is 21.5. The summed E-state index contributed by atoms with van der Waals surface area (Å²) in [6.07, 6.45) is 2.67. The number of benzene rings is 2. The second-order valence-electron chi connectivity index (χ2n) is 7.98. The van der Waals surface area contributed by atoms with Gasteiger partial charge in [0.05, 0.1) is 16.4 Å². The third kappa shape index (κ3) is 4.60. The van der Waals surface area contributed by atoms with Gasteiger partial charge in [-0.2, -0.15) is 9.61 Å². The van der Waals surface area contributed by atoms with E-state index in [0.717, 1.165) is 47.8 Å². The van der Waals surface area contributed by atoms with Crippen LogP contribution in [0, 0.1) is 0 Å². The molecule has 0 bridgehead atoms. The normalized spacial score (nSPS) is 12.6. The van der Waals surface area contributed by atoms with Crippen LogP contribution in [0.2, 0.25) is 0 Å². The summed E-state index contributed by atoms with van der Waals surface area (Å²) in [4.78, 5) is 6.96. The van der Waals surface area contributed by atoms with Gasteiger partial charge in [-0.25, -0.2) is 4.98 Å². The lowest BCUT2D eigenvalue weighted by atomic mass is 10.1. The van der Waals surface area contributed by atoms with Crippen LogP contribution in [0.4, 0.5) is 5.82 Å². The Balaban J connectivity index is 1.23. The van der Waals surface area contributed by atoms with Crippen molar-refractivity contribution >= 4 is 27.4 Å². The molecular formula is C24H24BrN5O3. The third-order valence-electron chi connectivity index (χ3n) is 5.52. The van der Waals surface area contributed by atoms with Crippen molar-refractivity contribution in [2.75, 3.05) is 32.2 Å². The number of rotatable bonds is 8. The van der Waals surface area contributed by atoms with Crippen LogP contribution < -0.4 is 14.8 Å². The highest BCUT2D eigenvalue weighted by molar-refractivity contribution is 9.10. The number of phenols is 1. The molecule has 5 rings (SSSR count). The predicted octanol–water partition coefficient (Wildman–Crippen LogP) is 4.53. The topological polar surface area (TPSA) is 84.2 Å². The van der Waals surface area contributed by atoms with E-state index in [1.807, 2.05) is 30.3 Å². The predicted molar refractivity (Wildman–Crippen MR) is 130 cm³/mol. The molecule has 0 spiro atoms. The van der Waals surface area contributed by atoms with Crippen molar-refractivity contribution in [2.24, 2.45) is 0 Å². The van der Waals surface area contributed by atoms with Crippen molar-refractivity contribution in [2.45, 2.75) is 13.0 Å². The number of para-hydroxylation sites is 1. The quantitative estimate of drug-likeness (QED) is 0.337. The van der Waals surface area contributed by atoms with Gasteiger partial charge >= 0.3 is 0 Å². The van der Waals surface area contributed by atoms with Gasteiger partial charge in [0.25, 0.3) is 0 Å². The van der Waals surface area contributed by atoms with E-state index in [0.29, 0.717) is 23.7 Å². The van der Waals surface area contributed by atoms with E-state index >= 15 is 0 Å². The fraction of sp³-hybridized carbons (Fsp3) is 0.250. The first-order chi connectivity index (χ1) is 16.1. The number of nitrogens with zero attached hydrogens (tertiary/aromatic N) is 4. The van der Waals surface area contributed by atoms with Crippen LogP contribution in [0.1, 0.15) is 12.0 Å². The van der Waals surface area contributed by atoms with Gasteiger partial charge in [0.15, 0.2) is 17.1 Å². The van der Waals surface area contributed by atoms with Gasteiger partial charge in [-0.15, -0.1) is 0 Å². The number of fused-ring (bicyclic) bond motifs is 2. The highest BCUT2D eigenvalue weighted by atomic mass is 79.9. The second-order valence-corrected chi connectivity index (χ2v) is 8.83. The summed E-state index contributed by atoms with van der Waals surface area (Å²) in [5, 5.41) is 18.2. The molecule has 0 amide bonds. The highest BCUT2D eigenvalue weighted by Gasteiger charge is 2.15. The summed E-state index contributed by atoms with van der Waals surface area (Å²) in [5.74, 6) is 2.64. The molecule has 0 radical (unpaired) electrons. The summed E-state index contributed by atoms with van der Waals surface area (Å²) < 4.78 is 13.4. The monoisotopic (exact) mass is 509 g/mol. The van der Waals surface area contributed by atoms with Crippen LogP contribution in [0.3, 0.4) is 0 Å². The average Bonchev–Trinajstić information content (AvgIpc) is 3.43. The van der Waals surface area contributed by atoms with Gasteiger partial charge in [0.2, 0.25) is 6.79 Å². The first-order valence-electron chi connectivity index (χ1n) is 10.7. The van der Waals surface area contributed by atoms with Gasteiger partial charge in [-0.1, -0.05) is 18.2 Å². The Kier molecular flexibility index (Phi) is 6.06. The van der Waals surface area contributed by atoms with Crippen molar-refractivity contribution in [1.29, 1.82) is 0 Å². The van der Waals surface area contributed by atoms with Gasteiger partial charge in [0.1, 0.15) is 11.6 Å². The summed E-state index contributed by atoms with van der Waals surface area (Å²) >= 11 is 3.52. The zero-order chi connectivity index (χ0) is 22.8. The van der Waals surface area contributed by atoms with Crippen LogP contribution in [0.25, 0.3) is 16.9 Å². The molecule has 0 saturated heterocycles. The van der Waals surface area contributed by atoms with Crippen LogP contribution >= 0.6 is 15.9 Å². The molecule has 0 unspecified atom stereocenters. The van der Waals surface area contributed by atoms with E-state index in [4.69, 9.17) is 9.47 Å². The Morgan fingerprint density at radius 1 is 1.15 bits per heavy atom. The summed E-state index contributed by atoms with van der Waals surface area (Å²) in [7, 11) is 2.11. The van der Waals surface area contributed by atoms with E-state index < -0.39 is 0 Å². The van der Waals surface area contributed by atoms with Crippen LogP contribution in [0.5, 0.6) is 17.2 Å². The smallest absolute Gasteiger partial charge is 0.231 e. The number of hydrogen-bond acceptors (Lipinski definition) is 7. The highest BCUT2D eigenvalue weighted by Crippen LogP contribution is 2.33. The number of halogens is 1. The largest absolute Gasteiger partial charge is 0.507 e.